The third-order valence-electron chi connectivity index (χ3n) is 11.9. The van der Waals surface area contributed by atoms with Crippen LogP contribution in [0.5, 0.6) is 23.0 Å². The highest BCUT2D eigenvalue weighted by Gasteiger charge is 2.54. The van der Waals surface area contributed by atoms with Crippen molar-refractivity contribution in [3.8, 4) is 23.0 Å². The van der Waals surface area contributed by atoms with Crippen LogP contribution in [-0.2, 0) is 49.3 Å². The monoisotopic (exact) mass is 969 g/mol. The van der Waals surface area contributed by atoms with Crippen molar-refractivity contribution in [2.45, 2.75) is 81.2 Å². The second-order valence-electron chi connectivity index (χ2n) is 18.6. The van der Waals surface area contributed by atoms with Crippen LogP contribution < -0.4 is 23.3 Å². The second kappa shape index (κ2) is 19.5. The maximum atomic E-state index is 16.0. The largest absolute Gasteiger partial charge is 0.497 e. The lowest BCUT2D eigenvalue weighted by Gasteiger charge is -2.39. The summed E-state index contributed by atoms with van der Waals surface area (Å²) in [6.45, 7) is 10.7. The molecule has 11 nitrogen and oxygen atoms in total. The van der Waals surface area contributed by atoms with Crippen LogP contribution in [0.25, 0.3) is 0 Å². The number of Topliss-reactive ketones (excluding diaryl/α,β-unsaturated/α-hetero) is 1. The molecule has 0 aliphatic rings. The zero-order chi connectivity index (χ0) is 50.0. The Labute approximate surface area is 397 Å². The van der Waals surface area contributed by atoms with E-state index in [1.54, 1.807) is 99.6 Å². The van der Waals surface area contributed by atoms with E-state index in [0.717, 1.165) is 10.4 Å². The Morgan fingerprint density at radius 3 is 1.54 bits per heavy atom. The summed E-state index contributed by atoms with van der Waals surface area (Å²) in [5, 5.41) is 0. The first-order valence-electron chi connectivity index (χ1n) is 21.7. The lowest BCUT2D eigenvalue weighted by Crippen LogP contribution is -2.42. The van der Waals surface area contributed by atoms with E-state index < -0.39 is 45.1 Å². The number of ketones is 1. The van der Waals surface area contributed by atoms with Crippen LogP contribution >= 0.6 is 7.60 Å². The van der Waals surface area contributed by atoms with Crippen molar-refractivity contribution in [3.05, 3.63) is 172 Å². The molecule has 0 amide bonds. The maximum absolute atomic E-state index is 16.0. The molecule has 2 N–H and O–H groups in total. The molecule has 0 heterocycles. The molecule has 6 aromatic carbocycles. The summed E-state index contributed by atoms with van der Waals surface area (Å²) in [5.74, 6) is 0.960. The number of alkyl halides is 2. The third kappa shape index (κ3) is 10.1. The average Bonchev–Trinajstić information content (AvgIpc) is 3.30. The van der Waals surface area contributed by atoms with Gasteiger partial charge in [0, 0.05) is 23.3 Å². The Bertz CT molecular complexity index is 2880. The lowest BCUT2D eigenvalue weighted by atomic mass is 9.64. The lowest BCUT2D eigenvalue weighted by molar-refractivity contribution is 0.0544. The number of halogens is 2. The number of sulfonamides is 1. The van der Waals surface area contributed by atoms with Gasteiger partial charge in [-0.3, -0.25) is 9.36 Å². The van der Waals surface area contributed by atoms with Crippen LogP contribution in [0.4, 0.5) is 20.2 Å². The molecule has 0 saturated heterocycles. The number of carbonyl (C=O) groups is 1. The van der Waals surface area contributed by atoms with Gasteiger partial charge in [-0.2, -0.15) is 8.78 Å². The molecule has 0 aliphatic carbocycles. The number of nitrogens with zero attached hydrogens (tertiary/aromatic N) is 1. The van der Waals surface area contributed by atoms with Crippen molar-refractivity contribution in [1.82, 2.24) is 0 Å². The van der Waals surface area contributed by atoms with Crippen molar-refractivity contribution >= 4 is 34.8 Å². The number of carbonyl (C=O) groups excluding carboxylic acids is 1. The van der Waals surface area contributed by atoms with Crippen LogP contribution in [0.1, 0.15) is 85.3 Å². The van der Waals surface area contributed by atoms with Gasteiger partial charge in [-0.05, 0) is 87.9 Å². The van der Waals surface area contributed by atoms with Crippen molar-refractivity contribution in [2.75, 3.05) is 32.7 Å². The number of anilines is 2. The van der Waals surface area contributed by atoms with Gasteiger partial charge in [-0.1, -0.05) is 126 Å². The van der Waals surface area contributed by atoms with Gasteiger partial charge in [0.25, 0.3) is 10.0 Å². The van der Waals surface area contributed by atoms with E-state index in [0.29, 0.717) is 39.3 Å². The van der Waals surface area contributed by atoms with Crippen LogP contribution in [0.15, 0.2) is 138 Å². The minimum atomic E-state index is -5.99. The van der Waals surface area contributed by atoms with Crippen LogP contribution in [0, 0.1) is 0 Å². The fourth-order valence-electron chi connectivity index (χ4n) is 8.87. The van der Waals surface area contributed by atoms with Gasteiger partial charge in [0.2, 0.25) is 0 Å². The highest BCUT2D eigenvalue weighted by molar-refractivity contribution is 7.93. The molecule has 6 rings (SSSR count). The van der Waals surface area contributed by atoms with E-state index in [4.69, 9.17) is 18.9 Å². The SMILES string of the molecule is COc1ccc(N(c2ccc(OC)cc2OC)S(=O)(=O)c2ccc(CC(Cc3ccc(C(F)(F)P(=O)(O)O)c(C(C)(C)C)c3C(C)(C)C)(C(=O)c3ccccc3)c3ccccc3)cc2)c(OC)c1. The standard InChI is InChI=1S/C53H58F2NO10PS/c1-50(2,3)47-37(23-28-42(48(47)51(4,5)6)53(54,55)67(58,59)60)34-52(38-19-15-12-16-20-38,49(57)36-17-13-11-14-18-36)33-35-21-26-41(27-22-35)68(61,62)56(43-29-24-39(63-7)31-45(43)65-9)44-30-25-40(64-8)32-46(44)66-10/h11-32H,33-34H2,1-10H3,(H2,58,59,60). The predicted molar refractivity (Wildman–Crippen MR) is 261 cm³/mol. The molecule has 15 heteroatoms. The molecule has 0 saturated carbocycles. The first-order chi connectivity index (χ1) is 31.8. The van der Waals surface area contributed by atoms with Gasteiger partial charge < -0.3 is 28.7 Å². The molecular weight excluding hydrogens is 912 g/mol. The Kier molecular flexibility index (Phi) is 14.7. The van der Waals surface area contributed by atoms with Gasteiger partial charge in [-0.15, -0.1) is 0 Å². The van der Waals surface area contributed by atoms with Gasteiger partial charge in [0.1, 0.15) is 23.0 Å². The summed E-state index contributed by atoms with van der Waals surface area (Å²) in [7, 11) is -4.69. The van der Waals surface area contributed by atoms with E-state index in [1.807, 2.05) is 51.1 Å². The molecule has 0 aromatic heterocycles. The smallest absolute Gasteiger partial charge is 0.399 e. The zero-order valence-electron chi connectivity index (χ0n) is 39.8. The molecular formula is C53H58F2NO10PS. The molecule has 68 heavy (non-hydrogen) atoms. The zero-order valence-corrected chi connectivity index (χ0v) is 41.5. The molecule has 1 atom stereocenters. The molecule has 0 bridgehead atoms. The predicted octanol–water partition coefficient (Wildman–Crippen LogP) is 11.7. The number of rotatable bonds is 17. The summed E-state index contributed by atoms with van der Waals surface area (Å²) in [6.07, 6.45) is -0.0211. The number of hydrogen-bond acceptors (Lipinski definition) is 8. The number of hydrogen-bond donors (Lipinski definition) is 2. The van der Waals surface area contributed by atoms with Gasteiger partial charge >= 0.3 is 13.3 Å². The molecule has 360 valence electrons. The van der Waals surface area contributed by atoms with E-state index in [1.165, 1.54) is 46.6 Å². The van der Waals surface area contributed by atoms with Crippen molar-refractivity contribution in [2.24, 2.45) is 0 Å². The number of methoxy groups -OCH3 is 4. The van der Waals surface area contributed by atoms with E-state index >= 15 is 22.0 Å². The van der Waals surface area contributed by atoms with Gasteiger partial charge in [0.15, 0.2) is 5.78 Å². The Morgan fingerprint density at radius 1 is 0.618 bits per heavy atom. The number of ether oxygens (including phenoxy) is 4. The molecule has 6 aromatic rings. The first kappa shape index (κ1) is 51.3. The third-order valence-corrected chi connectivity index (χ3v) is 14.7. The fraction of sp³-hybridized carbons (Fsp3) is 0.302. The normalized spacial score (nSPS) is 13.3. The highest BCUT2D eigenvalue weighted by atomic mass is 32.2. The van der Waals surface area contributed by atoms with Crippen LogP contribution in [0.2, 0.25) is 0 Å². The summed E-state index contributed by atoms with van der Waals surface area (Å²) in [5.41, 5.74) is -5.76. The highest BCUT2D eigenvalue weighted by Crippen LogP contribution is 2.62. The van der Waals surface area contributed by atoms with E-state index in [2.05, 4.69) is 0 Å². The minimum absolute atomic E-state index is 0.0161. The van der Waals surface area contributed by atoms with Crippen LogP contribution in [-0.4, -0.2) is 52.4 Å². The quantitative estimate of drug-likeness (QED) is 0.0668. The maximum Gasteiger partial charge on any atom is 0.399 e. The summed E-state index contributed by atoms with van der Waals surface area (Å²) in [4.78, 5) is 35.5. The van der Waals surface area contributed by atoms with Gasteiger partial charge in [-0.25, -0.2) is 12.7 Å². The van der Waals surface area contributed by atoms with Crippen molar-refractivity contribution in [1.29, 1.82) is 0 Å². The molecule has 0 spiro atoms. The minimum Gasteiger partial charge on any atom is -0.497 e. The fourth-order valence-corrected chi connectivity index (χ4v) is 10.9. The second-order valence-corrected chi connectivity index (χ2v) is 22.0. The summed E-state index contributed by atoms with van der Waals surface area (Å²) in [6, 6.07) is 36.0. The van der Waals surface area contributed by atoms with Crippen LogP contribution in [0.3, 0.4) is 0 Å². The first-order valence-corrected chi connectivity index (χ1v) is 24.8. The molecule has 0 radical (unpaired) electrons. The summed E-state index contributed by atoms with van der Waals surface area (Å²) < 4.78 is 98.1. The molecule has 0 fully saturated rings. The van der Waals surface area contributed by atoms with Crippen molar-refractivity contribution < 1.29 is 55.3 Å². The number of benzene rings is 6. The van der Waals surface area contributed by atoms with Gasteiger partial charge in [0.05, 0.1) is 50.1 Å². The van der Waals surface area contributed by atoms with Crippen molar-refractivity contribution in [3.63, 3.8) is 0 Å². The average molecular weight is 970 g/mol. The Balaban J connectivity index is 1.59. The Morgan fingerprint density at radius 2 is 1.10 bits per heavy atom. The molecule has 1 unspecified atom stereocenters. The van der Waals surface area contributed by atoms with E-state index in [-0.39, 0.29) is 52.0 Å². The topological polar surface area (TPSA) is 149 Å². The molecule has 0 aliphatic heterocycles. The Hall–Kier alpha value is -6.05. The van der Waals surface area contributed by atoms with E-state index in [9.17, 15) is 14.4 Å². The summed E-state index contributed by atoms with van der Waals surface area (Å²) >= 11 is 0.